The minimum Gasteiger partial charge on any atom is -0.300 e. The summed E-state index contributed by atoms with van der Waals surface area (Å²) in [6.07, 6.45) is 0.545. The van der Waals surface area contributed by atoms with Gasteiger partial charge >= 0.3 is 0 Å². The standard InChI is InChI=1S/C21H15N5OS/c1-21(19(27)25-20-26-24-12-28-20)9-16-7-4-14(11-23)8-17(16)18(21)15-5-2-13(10-22)3-6-15/h2-8,12,18H,9H2,1H3,(H,25,26,27)/t18-,21+/m1/s1. The van der Waals surface area contributed by atoms with E-state index >= 15 is 0 Å². The molecule has 0 aliphatic heterocycles. The quantitative estimate of drug-likeness (QED) is 0.742. The summed E-state index contributed by atoms with van der Waals surface area (Å²) in [6.45, 7) is 1.93. The summed E-state index contributed by atoms with van der Waals surface area (Å²) in [7, 11) is 0. The van der Waals surface area contributed by atoms with Crippen LogP contribution in [-0.4, -0.2) is 16.1 Å². The molecule has 0 spiro atoms. The van der Waals surface area contributed by atoms with Gasteiger partial charge in [-0.1, -0.05) is 29.5 Å². The number of carbonyl (C=O) groups excluding carboxylic acids is 1. The van der Waals surface area contributed by atoms with Gasteiger partial charge in [0, 0.05) is 5.92 Å². The van der Waals surface area contributed by atoms with Crippen LogP contribution < -0.4 is 5.32 Å². The maximum absolute atomic E-state index is 13.3. The van der Waals surface area contributed by atoms with Crippen molar-refractivity contribution >= 4 is 22.4 Å². The number of nitriles is 2. The van der Waals surface area contributed by atoms with Crippen molar-refractivity contribution in [3.8, 4) is 12.1 Å². The van der Waals surface area contributed by atoms with Crippen LogP contribution >= 0.6 is 11.3 Å². The normalized spacial score (nSPS) is 20.0. The highest BCUT2D eigenvalue weighted by Gasteiger charge is 2.49. The largest absolute Gasteiger partial charge is 0.300 e. The molecule has 1 amide bonds. The SMILES string of the molecule is C[C@]1(C(=O)Nc2nncs2)Cc2ccc(C#N)cc2[C@H]1c1ccc(C#N)cc1. The smallest absolute Gasteiger partial charge is 0.233 e. The van der Waals surface area contributed by atoms with Crippen molar-refractivity contribution in [2.45, 2.75) is 19.3 Å². The first-order valence-corrected chi connectivity index (χ1v) is 9.54. The lowest BCUT2D eigenvalue weighted by Gasteiger charge is -2.31. The highest BCUT2D eigenvalue weighted by Crippen LogP contribution is 2.51. The van der Waals surface area contributed by atoms with E-state index in [4.69, 9.17) is 5.26 Å². The summed E-state index contributed by atoms with van der Waals surface area (Å²) in [5, 5.41) is 29.4. The molecule has 1 aliphatic carbocycles. The zero-order chi connectivity index (χ0) is 19.7. The summed E-state index contributed by atoms with van der Waals surface area (Å²) < 4.78 is 0. The number of amides is 1. The van der Waals surface area contributed by atoms with Gasteiger partial charge in [-0.25, -0.2) is 0 Å². The zero-order valence-corrected chi connectivity index (χ0v) is 15.8. The van der Waals surface area contributed by atoms with Crippen molar-refractivity contribution in [2.75, 3.05) is 5.32 Å². The van der Waals surface area contributed by atoms with Crippen molar-refractivity contribution in [3.05, 3.63) is 75.8 Å². The zero-order valence-electron chi connectivity index (χ0n) is 15.0. The van der Waals surface area contributed by atoms with E-state index in [9.17, 15) is 10.1 Å². The van der Waals surface area contributed by atoms with E-state index < -0.39 is 5.41 Å². The number of hydrogen-bond donors (Lipinski definition) is 1. The Bertz CT molecular complexity index is 1130. The summed E-state index contributed by atoms with van der Waals surface area (Å²) in [4.78, 5) is 13.3. The van der Waals surface area contributed by atoms with Crippen LogP contribution in [0.4, 0.5) is 5.13 Å². The van der Waals surface area contributed by atoms with E-state index in [1.165, 1.54) is 11.3 Å². The molecule has 4 rings (SSSR count). The number of fused-ring (bicyclic) bond motifs is 1. The molecule has 0 unspecified atom stereocenters. The molecule has 1 heterocycles. The van der Waals surface area contributed by atoms with Crippen molar-refractivity contribution in [1.82, 2.24) is 10.2 Å². The minimum absolute atomic E-state index is 0.145. The van der Waals surface area contributed by atoms with Crippen LogP contribution in [-0.2, 0) is 11.2 Å². The third kappa shape index (κ3) is 2.92. The molecule has 0 radical (unpaired) electrons. The fourth-order valence-electron chi connectivity index (χ4n) is 3.91. The fourth-order valence-corrected chi connectivity index (χ4v) is 4.35. The van der Waals surface area contributed by atoms with Gasteiger partial charge in [-0.3, -0.25) is 4.79 Å². The lowest BCUT2D eigenvalue weighted by atomic mass is 9.73. The second kappa shape index (κ2) is 6.88. The summed E-state index contributed by atoms with van der Waals surface area (Å²) in [5.41, 5.74) is 4.87. The minimum atomic E-state index is -0.768. The average Bonchev–Trinajstić information content (AvgIpc) is 3.33. The van der Waals surface area contributed by atoms with Gasteiger partial charge < -0.3 is 5.32 Å². The summed E-state index contributed by atoms with van der Waals surface area (Å²) in [6, 6.07) is 17.1. The maximum Gasteiger partial charge on any atom is 0.233 e. The Hall–Kier alpha value is -3.55. The van der Waals surface area contributed by atoms with Crippen LogP contribution in [0.3, 0.4) is 0 Å². The van der Waals surface area contributed by atoms with E-state index in [2.05, 4.69) is 27.7 Å². The monoisotopic (exact) mass is 385 g/mol. The first-order valence-electron chi connectivity index (χ1n) is 8.66. The molecular formula is C21H15N5OS. The van der Waals surface area contributed by atoms with Crippen molar-refractivity contribution in [1.29, 1.82) is 10.5 Å². The molecule has 6 nitrogen and oxygen atoms in total. The third-order valence-corrected chi connectivity index (χ3v) is 5.86. The Kier molecular flexibility index (Phi) is 4.38. The van der Waals surface area contributed by atoms with E-state index in [0.717, 1.165) is 16.7 Å². The Labute approximate surface area is 166 Å². The van der Waals surface area contributed by atoms with Crippen LogP contribution in [0, 0.1) is 28.1 Å². The molecule has 136 valence electrons. The highest BCUT2D eigenvalue weighted by molar-refractivity contribution is 7.13. The number of rotatable bonds is 3. The van der Waals surface area contributed by atoms with E-state index in [0.29, 0.717) is 22.7 Å². The molecule has 2 atom stereocenters. The fraction of sp³-hybridized carbons (Fsp3) is 0.190. The Morgan fingerprint density at radius 2 is 1.89 bits per heavy atom. The first kappa shape index (κ1) is 17.8. The van der Waals surface area contributed by atoms with Crippen molar-refractivity contribution in [3.63, 3.8) is 0 Å². The van der Waals surface area contributed by atoms with Crippen LogP contribution in [0.1, 0.15) is 40.7 Å². The van der Waals surface area contributed by atoms with Gasteiger partial charge in [-0.05, 0) is 54.3 Å². The van der Waals surface area contributed by atoms with Gasteiger partial charge in [0.1, 0.15) is 5.51 Å². The van der Waals surface area contributed by atoms with Crippen molar-refractivity contribution in [2.24, 2.45) is 5.41 Å². The molecule has 0 fully saturated rings. The average molecular weight is 385 g/mol. The van der Waals surface area contributed by atoms with Gasteiger partial charge in [-0.2, -0.15) is 10.5 Å². The van der Waals surface area contributed by atoms with Crippen LogP contribution in [0.2, 0.25) is 0 Å². The van der Waals surface area contributed by atoms with Gasteiger partial charge in [0.2, 0.25) is 11.0 Å². The van der Waals surface area contributed by atoms with Crippen LogP contribution in [0.5, 0.6) is 0 Å². The molecule has 1 aromatic heterocycles. The number of carbonyl (C=O) groups is 1. The van der Waals surface area contributed by atoms with E-state index in [1.807, 2.05) is 31.2 Å². The number of benzene rings is 2. The lowest BCUT2D eigenvalue weighted by molar-refractivity contribution is -0.125. The molecule has 0 bridgehead atoms. The topological polar surface area (TPSA) is 102 Å². The maximum atomic E-state index is 13.3. The van der Waals surface area contributed by atoms with E-state index in [-0.39, 0.29) is 11.8 Å². The number of aromatic nitrogens is 2. The molecule has 28 heavy (non-hydrogen) atoms. The number of nitrogens with zero attached hydrogens (tertiary/aromatic N) is 4. The lowest BCUT2D eigenvalue weighted by Crippen LogP contribution is -2.37. The summed E-state index contributed by atoms with van der Waals surface area (Å²) >= 11 is 1.27. The third-order valence-electron chi connectivity index (χ3n) is 5.25. The van der Waals surface area contributed by atoms with Crippen LogP contribution in [0.25, 0.3) is 0 Å². The van der Waals surface area contributed by atoms with Gasteiger partial charge in [-0.15, -0.1) is 10.2 Å². The molecule has 3 aromatic rings. The Morgan fingerprint density at radius 1 is 1.18 bits per heavy atom. The predicted octanol–water partition coefficient (Wildman–Crippen LogP) is 3.61. The van der Waals surface area contributed by atoms with Gasteiger partial charge in [0.05, 0.1) is 28.7 Å². The molecule has 1 aliphatic rings. The first-order chi connectivity index (χ1) is 13.5. The number of anilines is 1. The number of nitrogens with one attached hydrogen (secondary N) is 1. The molecule has 0 saturated carbocycles. The summed E-state index contributed by atoms with van der Waals surface area (Å²) in [5.74, 6) is -0.384. The Morgan fingerprint density at radius 3 is 2.54 bits per heavy atom. The van der Waals surface area contributed by atoms with Crippen molar-refractivity contribution < 1.29 is 4.79 Å². The van der Waals surface area contributed by atoms with E-state index in [1.54, 1.807) is 23.7 Å². The van der Waals surface area contributed by atoms with Gasteiger partial charge in [0.15, 0.2) is 0 Å². The van der Waals surface area contributed by atoms with Crippen LogP contribution in [0.15, 0.2) is 48.0 Å². The Balaban J connectivity index is 1.81. The highest BCUT2D eigenvalue weighted by atomic mass is 32.1. The molecule has 2 aromatic carbocycles. The second-order valence-electron chi connectivity index (χ2n) is 6.98. The molecule has 0 saturated heterocycles. The van der Waals surface area contributed by atoms with Gasteiger partial charge in [0.25, 0.3) is 0 Å². The predicted molar refractivity (Wildman–Crippen MR) is 105 cm³/mol. The second-order valence-corrected chi connectivity index (χ2v) is 7.82. The molecule has 7 heteroatoms. The molecular weight excluding hydrogens is 370 g/mol. The number of hydrogen-bond acceptors (Lipinski definition) is 6. The molecule has 1 N–H and O–H groups in total.